The maximum atomic E-state index is 12.4. The minimum Gasteiger partial charge on any atom is -0.248 e. The summed E-state index contributed by atoms with van der Waals surface area (Å²) in [6.07, 6.45) is -3.74. The Morgan fingerprint density at radius 3 is 2.20 bits per heavy atom. The van der Waals surface area contributed by atoms with Gasteiger partial charge in [-0.15, -0.1) is 0 Å². The van der Waals surface area contributed by atoms with Gasteiger partial charge in [-0.25, -0.2) is 17.6 Å². The Bertz CT molecular complexity index is 89.7. The van der Waals surface area contributed by atoms with Gasteiger partial charge in [0.2, 0.25) is 6.43 Å². The molecule has 0 spiro atoms. The third-order valence-electron chi connectivity index (χ3n) is 1.05. The summed E-state index contributed by atoms with van der Waals surface area (Å²) in [5.41, 5.74) is -2.32. The molecule has 0 aliphatic rings. The van der Waals surface area contributed by atoms with Crippen LogP contribution in [0.5, 0.6) is 0 Å². The second-order valence-electron chi connectivity index (χ2n) is 2.21. The molecule has 61 valence electrons. The number of hydrogen-bond donors (Lipinski definition) is 0. The van der Waals surface area contributed by atoms with Gasteiger partial charge in [0, 0.05) is 6.42 Å². The molecule has 0 N–H and O–H groups in total. The summed E-state index contributed by atoms with van der Waals surface area (Å²) in [7, 11) is 0. The van der Waals surface area contributed by atoms with Crippen LogP contribution < -0.4 is 0 Å². The van der Waals surface area contributed by atoms with Gasteiger partial charge in [0.1, 0.15) is 12.3 Å². The number of halogens is 4. The molecule has 1 radical (unpaired) electrons. The highest BCUT2D eigenvalue weighted by Crippen LogP contribution is 2.19. The molecule has 0 aromatic heterocycles. The lowest BCUT2D eigenvalue weighted by molar-refractivity contribution is 0.0911. The predicted molar refractivity (Wildman–Crippen MR) is 30.4 cm³/mol. The molecule has 0 fully saturated rings. The summed E-state index contributed by atoms with van der Waals surface area (Å²) in [6, 6.07) is 0. The summed E-state index contributed by atoms with van der Waals surface area (Å²) < 4.78 is 46.7. The smallest absolute Gasteiger partial charge is 0.238 e. The average molecular weight is 157 g/mol. The monoisotopic (exact) mass is 157 g/mol. The fraction of sp³-hybridized carbons (Fsp3) is 0.833. The first-order valence-electron chi connectivity index (χ1n) is 2.86. The van der Waals surface area contributed by atoms with Crippen LogP contribution in [0.3, 0.4) is 0 Å². The number of rotatable bonds is 4. The van der Waals surface area contributed by atoms with Crippen LogP contribution in [0.25, 0.3) is 0 Å². The minimum absolute atomic E-state index is 0.527. The van der Waals surface area contributed by atoms with Crippen molar-refractivity contribution in [2.24, 2.45) is 0 Å². The molecule has 0 aromatic carbocycles. The Morgan fingerprint density at radius 1 is 1.40 bits per heavy atom. The van der Waals surface area contributed by atoms with Crippen molar-refractivity contribution in [3.63, 3.8) is 0 Å². The van der Waals surface area contributed by atoms with E-state index in [1.807, 2.05) is 0 Å². The topological polar surface area (TPSA) is 0 Å². The Morgan fingerprint density at radius 2 is 1.90 bits per heavy atom. The van der Waals surface area contributed by atoms with E-state index < -0.39 is 31.6 Å². The van der Waals surface area contributed by atoms with E-state index in [0.29, 0.717) is 0 Å². The molecule has 1 unspecified atom stereocenters. The summed E-state index contributed by atoms with van der Waals surface area (Å²) in [6.45, 7) is 1.48. The molecule has 0 saturated heterocycles. The van der Waals surface area contributed by atoms with Crippen LogP contribution in [0.1, 0.15) is 12.8 Å². The van der Waals surface area contributed by atoms with Crippen LogP contribution in [-0.4, -0.2) is 18.8 Å². The van der Waals surface area contributed by atoms with Gasteiger partial charge in [-0.05, 0) is 13.3 Å². The van der Waals surface area contributed by atoms with Crippen molar-refractivity contribution in [1.29, 1.82) is 0 Å². The lowest BCUT2D eigenvalue weighted by Gasteiger charge is -2.14. The van der Waals surface area contributed by atoms with Crippen LogP contribution >= 0.6 is 0 Å². The molecule has 0 nitrogen and oxygen atoms in total. The van der Waals surface area contributed by atoms with E-state index in [1.54, 1.807) is 0 Å². The van der Waals surface area contributed by atoms with Gasteiger partial charge in [-0.2, -0.15) is 0 Å². The molecule has 0 bridgehead atoms. The van der Waals surface area contributed by atoms with Crippen molar-refractivity contribution in [2.45, 2.75) is 24.9 Å². The lowest BCUT2D eigenvalue weighted by Crippen LogP contribution is -2.21. The fourth-order valence-corrected chi connectivity index (χ4v) is 0.435. The number of hydrogen-bond acceptors (Lipinski definition) is 0. The highest BCUT2D eigenvalue weighted by molar-refractivity contribution is 4.80. The molecule has 0 aromatic rings. The van der Waals surface area contributed by atoms with Gasteiger partial charge >= 0.3 is 0 Å². The fourth-order valence-electron chi connectivity index (χ4n) is 0.435. The standard InChI is InChI=1S/C6H9F4/c1-6(10,4-7)3-2-5(8)9/h5H,1-4H2. The molecule has 1 atom stereocenters. The largest absolute Gasteiger partial charge is 0.248 e. The molecule has 4 heteroatoms. The molecule has 10 heavy (non-hydrogen) atoms. The van der Waals surface area contributed by atoms with Crippen molar-refractivity contribution in [1.82, 2.24) is 0 Å². The van der Waals surface area contributed by atoms with Gasteiger partial charge in [0.25, 0.3) is 0 Å². The van der Waals surface area contributed by atoms with Gasteiger partial charge < -0.3 is 0 Å². The van der Waals surface area contributed by atoms with E-state index in [2.05, 4.69) is 6.92 Å². The van der Waals surface area contributed by atoms with Crippen molar-refractivity contribution in [2.75, 3.05) is 6.67 Å². The molecule has 0 rings (SSSR count). The van der Waals surface area contributed by atoms with E-state index in [1.165, 1.54) is 0 Å². The Hall–Kier alpha value is -0.280. The average Bonchev–Trinajstić information content (AvgIpc) is 1.85. The third kappa shape index (κ3) is 4.58. The molecule has 0 amide bonds. The maximum absolute atomic E-state index is 12.4. The van der Waals surface area contributed by atoms with E-state index >= 15 is 0 Å². The molecular weight excluding hydrogens is 148 g/mol. The third-order valence-corrected chi connectivity index (χ3v) is 1.05. The van der Waals surface area contributed by atoms with Crippen LogP contribution in [0.4, 0.5) is 17.6 Å². The second kappa shape index (κ2) is 3.78. The summed E-state index contributed by atoms with van der Waals surface area (Å²) in [5, 5.41) is 0. The quantitative estimate of drug-likeness (QED) is 0.550. The van der Waals surface area contributed by atoms with Gasteiger partial charge in [0.15, 0.2) is 0 Å². The van der Waals surface area contributed by atoms with Crippen LogP contribution in [-0.2, 0) is 0 Å². The minimum atomic E-state index is -2.58. The SMILES string of the molecule is [CH2]C(F)(CF)CCC(F)F. The number of alkyl halides is 4. The maximum Gasteiger partial charge on any atom is 0.238 e. The van der Waals surface area contributed by atoms with Gasteiger partial charge in [0.05, 0.1) is 0 Å². The zero-order chi connectivity index (χ0) is 8.20. The van der Waals surface area contributed by atoms with Crippen molar-refractivity contribution >= 4 is 0 Å². The van der Waals surface area contributed by atoms with Crippen LogP contribution in [0.15, 0.2) is 0 Å². The van der Waals surface area contributed by atoms with Crippen LogP contribution in [0, 0.1) is 6.92 Å². The van der Waals surface area contributed by atoms with E-state index in [4.69, 9.17) is 0 Å². The molecule has 0 saturated carbocycles. The summed E-state index contributed by atoms with van der Waals surface area (Å²) in [4.78, 5) is 0. The lowest BCUT2D eigenvalue weighted by atomic mass is 10.0. The van der Waals surface area contributed by atoms with Crippen molar-refractivity contribution < 1.29 is 17.6 Å². The molecule has 0 heterocycles. The Labute approximate surface area is 57.2 Å². The van der Waals surface area contributed by atoms with Gasteiger partial charge in [-0.3, -0.25) is 0 Å². The predicted octanol–water partition coefficient (Wildman–Crippen LogP) is 2.54. The Balaban J connectivity index is 3.46. The second-order valence-corrected chi connectivity index (χ2v) is 2.21. The van der Waals surface area contributed by atoms with Crippen LogP contribution in [0.2, 0.25) is 0 Å². The first-order valence-corrected chi connectivity index (χ1v) is 2.86. The highest BCUT2D eigenvalue weighted by atomic mass is 19.3. The first kappa shape index (κ1) is 9.72. The van der Waals surface area contributed by atoms with E-state index in [0.717, 1.165) is 0 Å². The highest BCUT2D eigenvalue weighted by Gasteiger charge is 2.24. The zero-order valence-electron chi connectivity index (χ0n) is 5.42. The van der Waals surface area contributed by atoms with Crippen molar-refractivity contribution in [3.05, 3.63) is 6.92 Å². The molecular formula is C6H9F4. The molecule has 0 aliphatic heterocycles. The molecule has 0 aliphatic carbocycles. The van der Waals surface area contributed by atoms with E-state index in [9.17, 15) is 17.6 Å². The Kier molecular flexibility index (Phi) is 3.68. The first-order chi connectivity index (χ1) is 4.48. The van der Waals surface area contributed by atoms with Crippen molar-refractivity contribution in [3.8, 4) is 0 Å². The normalized spacial score (nSPS) is 17.4. The summed E-state index contributed by atoms with van der Waals surface area (Å²) in [5.74, 6) is 0. The van der Waals surface area contributed by atoms with E-state index in [-0.39, 0.29) is 0 Å². The zero-order valence-corrected chi connectivity index (χ0v) is 5.42. The van der Waals surface area contributed by atoms with Gasteiger partial charge in [-0.1, -0.05) is 0 Å². The summed E-state index contributed by atoms with van der Waals surface area (Å²) >= 11 is 0.